The largest absolute Gasteiger partial charge is 0.454 e. The number of alkyl halides is 3. The molecule has 0 amide bonds. The number of guanidine groups is 2. The molecule has 1 rings (SSSR count). The van der Waals surface area contributed by atoms with Crippen molar-refractivity contribution in [2.75, 3.05) is 0 Å². The molecule has 1 aromatic rings. The van der Waals surface area contributed by atoms with Crippen molar-refractivity contribution < 1.29 is 18.0 Å². The summed E-state index contributed by atoms with van der Waals surface area (Å²) in [5.41, 5.74) is 14.5. The minimum Gasteiger partial charge on any atom is -0.370 e. The molecule has 9 heteroatoms. The van der Waals surface area contributed by atoms with Crippen LogP contribution in [0.3, 0.4) is 0 Å². The minimum absolute atomic E-state index is 0.271. The van der Waals surface area contributed by atoms with Crippen LogP contribution in [0.15, 0.2) is 34.3 Å². The maximum absolute atomic E-state index is 12.4. The second kappa shape index (κ2) is 5.38. The molecule has 0 unspecified atom stereocenters. The van der Waals surface area contributed by atoms with E-state index >= 15 is 0 Å². The molecule has 0 bridgehead atoms. The van der Waals surface area contributed by atoms with Crippen LogP contribution < -0.4 is 17.2 Å². The van der Waals surface area contributed by atoms with E-state index in [4.69, 9.17) is 17.2 Å². The fraction of sp³-hybridized carbons (Fsp3) is 0.100. The van der Waals surface area contributed by atoms with Gasteiger partial charge in [0.15, 0.2) is 5.96 Å². The highest BCUT2D eigenvalue weighted by Crippen LogP contribution is 2.27. The average Bonchev–Trinajstić information content (AvgIpc) is 2.26. The number of rotatable bonds is 2. The fourth-order valence-corrected chi connectivity index (χ4v) is 1.20. The highest BCUT2D eigenvalue weighted by Gasteiger charge is 2.40. The number of nitrogens with zero attached hydrogens (tertiary/aromatic N) is 2. The maximum Gasteiger partial charge on any atom is 0.454 e. The van der Waals surface area contributed by atoms with Gasteiger partial charge in [-0.1, -0.05) is 12.1 Å². The van der Waals surface area contributed by atoms with Crippen molar-refractivity contribution in [3.8, 4) is 0 Å². The van der Waals surface area contributed by atoms with Crippen LogP contribution in [0.2, 0.25) is 0 Å². The number of ketones is 1. The number of carbonyl (C=O) groups excluding carboxylic acids is 1. The molecular formula is C10H10F3N5O. The van der Waals surface area contributed by atoms with Crippen molar-refractivity contribution in [2.24, 2.45) is 27.2 Å². The molecule has 0 heterocycles. The van der Waals surface area contributed by atoms with Crippen molar-refractivity contribution in [3.05, 3.63) is 29.8 Å². The van der Waals surface area contributed by atoms with Gasteiger partial charge in [-0.05, 0) is 12.1 Å². The van der Waals surface area contributed by atoms with Gasteiger partial charge in [0.25, 0.3) is 5.78 Å². The second-order valence-electron chi connectivity index (χ2n) is 3.35. The summed E-state index contributed by atoms with van der Waals surface area (Å²) in [6.07, 6.45) is -5.00. The Bertz CT molecular complexity index is 546. The number of benzene rings is 1. The number of para-hydroxylation sites is 1. The van der Waals surface area contributed by atoms with Crippen LogP contribution in [-0.2, 0) is 0 Å². The molecule has 0 aliphatic heterocycles. The van der Waals surface area contributed by atoms with Crippen molar-refractivity contribution in [2.45, 2.75) is 6.18 Å². The van der Waals surface area contributed by atoms with E-state index in [0.29, 0.717) is 0 Å². The van der Waals surface area contributed by atoms with Gasteiger partial charge in [-0.25, -0.2) is 4.99 Å². The van der Waals surface area contributed by atoms with E-state index in [2.05, 4.69) is 9.98 Å². The number of aliphatic imine (C=N–C) groups is 2. The molecule has 6 nitrogen and oxygen atoms in total. The Hall–Kier alpha value is -2.58. The summed E-state index contributed by atoms with van der Waals surface area (Å²) >= 11 is 0. The first-order valence-electron chi connectivity index (χ1n) is 4.86. The molecule has 0 radical (unpaired) electrons. The van der Waals surface area contributed by atoms with Crippen molar-refractivity contribution in [1.82, 2.24) is 0 Å². The number of carbonyl (C=O) groups is 1. The summed E-state index contributed by atoms with van der Waals surface area (Å²) in [6.45, 7) is 0. The molecule has 0 fully saturated rings. The zero-order chi connectivity index (χ0) is 14.6. The van der Waals surface area contributed by atoms with Crippen LogP contribution in [0.1, 0.15) is 10.4 Å². The molecule has 19 heavy (non-hydrogen) atoms. The maximum atomic E-state index is 12.4. The average molecular weight is 273 g/mol. The fourth-order valence-electron chi connectivity index (χ4n) is 1.20. The van der Waals surface area contributed by atoms with Gasteiger partial charge in [-0.15, -0.1) is 0 Å². The molecule has 0 aliphatic carbocycles. The first-order chi connectivity index (χ1) is 8.71. The van der Waals surface area contributed by atoms with Crippen molar-refractivity contribution in [3.63, 3.8) is 0 Å². The monoisotopic (exact) mass is 273 g/mol. The van der Waals surface area contributed by atoms with E-state index in [-0.39, 0.29) is 5.69 Å². The summed E-state index contributed by atoms with van der Waals surface area (Å²) < 4.78 is 37.1. The molecule has 0 aromatic heterocycles. The summed E-state index contributed by atoms with van der Waals surface area (Å²) in [7, 11) is 0. The van der Waals surface area contributed by atoms with Gasteiger partial charge in [0.1, 0.15) is 0 Å². The van der Waals surface area contributed by atoms with Crippen molar-refractivity contribution in [1.29, 1.82) is 0 Å². The smallest absolute Gasteiger partial charge is 0.370 e. The van der Waals surface area contributed by atoms with E-state index in [1.807, 2.05) is 0 Å². The molecule has 102 valence electrons. The van der Waals surface area contributed by atoms with Gasteiger partial charge in [-0.2, -0.15) is 18.2 Å². The summed E-state index contributed by atoms with van der Waals surface area (Å²) in [6, 6.07) is 4.84. The van der Waals surface area contributed by atoms with E-state index in [9.17, 15) is 18.0 Å². The number of Topliss-reactive ketones (excluding diaryl/α,β-unsaturated/α-hetero) is 1. The zero-order valence-electron chi connectivity index (χ0n) is 9.48. The van der Waals surface area contributed by atoms with E-state index in [1.165, 1.54) is 18.2 Å². The van der Waals surface area contributed by atoms with Gasteiger partial charge in [0, 0.05) is 0 Å². The molecule has 1 aromatic carbocycles. The van der Waals surface area contributed by atoms with Crippen LogP contribution in [0, 0.1) is 0 Å². The van der Waals surface area contributed by atoms with E-state index in [0.717, 1.165) is 6.07 Å². The predicted octanol–water partition coefficient (Wildman–Crippen LogP) is 0.651. The Morgan fingerprint density at radius 3 is 2.21 bits per heavy atom. The number of nitrogens with two attached hydrogens (primary N) is 3. The van der Waals surface area contributed by atoms with Crippen LogP contribution in [0.25, 0.3) is 0 Å². The van der Waals surface area contributed by atoms with Crippen LogP contribution in [0.5, 0.6) is 0 Å². The second-order valence-corrected chi connectivity index (χ2v) is 3.35. The van der Waals surface area contributed by atoms with Gasteiger partial charge in [0.05, 0.1) is 11.3 Å². The number of hydrogen-bond acceptors (Lipinski definition) is 2. The molecule has 0 spiro atoms. The Balaban J connectivity index is 3.25. The molecule has 0 aliphatic rings. The number of hydrogen-bond donors (Lipinski definition) is 3. The molecule has 6 N–H and O–H groups in total. The highest BCUT2D eigenvalue weighted by molar-refractivity contribution is 6.05. The van der Waals surface area contributed by atoms with E-state index < -0.39 is 29.4 Å². The van der Waals surface area contributed by atoms with Crippen molar-refractivity contribution >= 4 is 23.4 Å². The van der Waals surface area contributed by atoms with Crippen LogP contribution in [0.4, 0.5) is 18.9 Å². The predicted molar refractivity (Wildman–Crippen MR) is 63.9 cm³/mol. The highest BCUT2D eigenvalue weighted by atomic mass is 19.4. The SMILES string of the molecule is NC(N)=NC(N)=Nc1ccccc1C(=O)C(F)(F)F. The Kier molecular flexibility index (Phi) is 4.10. The number of halogens is 3. The lowest BCUT2D eigenvalue weighted by atomic mass is 10.1. The zero-order valence-corrected chi connectivity index (χ0v) is 9.48. The summed E-state index contributed by atoms with van der Waals surface area (Å²) in [5.74, 6) is -2.88. The third kappa shape index (κ3) is 3.98. The standard InChI is InChI=1S/C10H10F3N5O/c11-10(12,13)7(19)5-3-1-2-4-6(5)17-9(16)18-8(14)15/h1-4H,(H6,14,15,16,17,18). The third-order valence-corrected chi connectivity index (χ3v) is 1.88. The Morgan fingerprint density at radius 2 is 1.68 bits per heavy atom. The van der Waals surface area contributed by atoms with Gasteiger partial charge < -0.3 is 17.2 Å². The lowest BCUT2D eigenvalue weighted by Gasteiger charge is -2.07. The van der Waals surface area contributed by atoms with Gasteiger partial charge in [0.2, 0.25) is 5.96 Å². The summed E-state index contributed by atoms with van der Waals surface area (Å²) in [5, 5.41) is 0. The van der Waals surface area contributed by atoms with Crippen LogP contribution in [-0.4, -0.2) is 23.9 Å². The van der Waals surface area contributed by atoms with Gasteiger partial charge >= 0.3 is 6.18 Å². The Morgan fingerprint density at radius 1 is 1.11 bits per heavy atom. The third-order valence-electron chi connectivity index (χ3n) is 1.88. The first kappa shape index (κ1) is 14.5. The van der Waals surface area contributed by atoms with Gasteiger partial charge in [-0.3, -0.25) is 4.79 Å². The Labute approximate surface area is 105 Å². The summed E-state index contributed by atoms with van der Waals surface area (Å²) in [4.78, 5) is 18.1. The lowest BCUT2D eigenvalue weighted by molar-refractivity contribution is -0.0884. The quantitative estimate of drug-likeness (QED) is 0.416. The van der Waals surface area contributed by atoms with E-state index in [1.54, 1.807) is 0 Å². The molecule has 0 saturated carbocycles. The van der Waals surface area contributed by atoms with Crippen LogP contribution >= 0.6 is 0 Å². The normalized spacial score (nSPS) is 12.1. The molecular weight excluding hydrogens is 263 g/mol. The molecule has 0 saturated heterocycles. The minimum atomic E-state index is -5.00. The molecule has 0 atom stereocenters. The lowest BCUT2D eigenvalue weighted by Crippen LogP contribution is -2.26. The first-order valence-corrected chi connectivity index (χ1v) is 4.86. The topological polar surface area (TPSA) is 120 Å².